The van der Waals surface area contributed by atoms with Crippen LogP contribution in [0.15, 0.2) is 0 Å². The summed E-state index contributed by atoms with van der Waals surface area (Å²) < 4.78 is 4.19. The quantitative estimate of drug-likeness (QED) is 0.389. The van der Waals surface area contributed by atoms with Gasteiger partial charge in [0.25, 0.3) is 0 Å². The Kier molecular flexibility index (Phi) is 10.2. The molecule has 0 aliphatic rings. The van der Waals surface area contributed by atoms with Crippen LogP contribution in [0, 0.1) is 0 Å². The molecular weight excluding hydrogens is 196 g/mol. The lowest BCUT2D eigenvalue weighted by atomic mass is 10.7. The fraction of sp³-hybridized carbons (Fsp3) is 0.667. The molecule has 8 nitrogen and oxygen atoms in total. The monoisotopic (exact) mass is 210 g/mol. The number of hydroxylamine groups is 3. The highest BCUT2D eigenvalue weighted by Crippen LogP contribution is 1.77. The molecule has 0 heterocycles. The summed E-state index contributed by atoms with van der Waals surface area (Å²) in [5.74, 6) is 0. The molecule has 0 rings (SSSR count). The molecule has 0 bridgehead atoms. The molecule has 0 saturated heterocycles. The largest absolute Gasteiger partial charge is 0.463 e. The highest BCUT2D eigenvalue weighted by Gasteiger charge is 2.00. The second-order valence-electron chi connectivity index (χ2n) is 1.83. The zero-order valence-corrected chi connectivity index (χ0v) is 7.93. The predicted molar refractivity (Wildman–Crippen MR) is 44.1 cm³/mol. The van der Waals surface area contributed by atoms with E-state index in [-0.39, 0.29) is 18.2 Å². The van der Waals surface area contributed by atoms with Gasteiger partial charge < -0.3 is 9.84 Å². The normalized spacial score (nSPS) is 8.00. The van der Waals surface area contributed by atoms with Crippen molar-refractivity contribution in [1.82, 2.24) is 10.5 Å². The Morgan fingerprint density at radius 2 is 1.93 bits per heavy atom. The van der Waals surface area contributed by atoms with Crippen LogP contribution in [0.25, 0.3) is 0 Å². The summed E-state index contributed by atoms with van der Waals surface area (Å²) in [6, 6.07) is 0. The van der Waals surface area contributed by atoms with Crippen LogP contribution >= 0.6 is 0 Å². The fourth-order valence-corrected chi connectivity index (χ4v) is 0.299. The van der Waals surface area contributed by atoms with Gasteiger partial charge in [0.15, 0.2) is 0 Å². The molecule has 0 aromatic rings. The summed E-state index contributed by atoms with van der Waals surface area (Å²) in [5.41, 5.74) is 1.30. The Bertz CT molecular complexity index is 172. The van der Waals surface area contributed by atoms with Crippen molar-refractivity contribution >= 4 is 12.2 Å². The van der Waals surface area contributed by atoms with E-state index in [9.17, 15) is 9.59 Å². The number of ether oxygens (including phenoxy) is 1. The molecule has 0 radical (unpaired) electrons. The van der Waals surface area contributed by atoms with Gasteiger partial charge in [-0.05, 0) is 13.8 Å². The Balaban J connectivity index is 0. The van der Waals surface area contributed by atoms with Gasteiger partial charge in [-0.3, -0.25) is 10.4 Å². The zero-order chi connectivity index (χ0) is 11.6. The first-order valence-corrected chi connectivity index (χ1v) is 3.75. The van der Waals surface area contributed by atoms with Crippen molar-refractivity contribution in [2.75, 3.05) is 13.2 Å². The Morgan fingerprint density at radius 3 is 2.00 bits per heavy atom. The van der Waals surface area contributed by atoms with Crippen LogP contribution in [0.4, 0.5) is 9.59 Å². The minimum Gasteiger partial charge on any atom is -0.463 e. The Hall–Kier alpha value is -1.54. The average molecular weight is 210 g/mol. The molecule has 0 aromatic heterocycles. The van der Waals surface area contributed by atoms with E-state index in [1.54, 1.807) is 6.92 Å². The maximum atomic E-state index is 9.83. The lowest BCUT2D eigenvalue weighted by Crippen LogP contribution is -2.24. The summed E-state index contributed by atoms with van der Waals surface area (Å²) in [6.45, 7) is 3.56. The lowest BCUT2D eigenvalue weighted by Gasteiger charge is -2.03. The third-order valence-corrected chi connectivity index (χ3v) is 0.887. The number of rotatable bonds is 2. The molecular formula is C6H14N2O6. The first kappa shape index (κ1) is 15.0. The predicted octanol–water partition coefficient (Wildman–Crippen LogP) is 0.497. The molecule has 0 fully saturated rings. The van der Waals surface area contributed by atoms with E-state index in [2.05, 4.69) is 4.74 Å². The van der Waals surface area contributed by atoms with Gasteiger partial charge in [0, 0.05) is 6.54 Å². The van der Waals surface area contributed by atoms with Crippen molar-refractivity contribution in [3.63, 3.8) is 0 Å². The van der Waals surface area contributed by atoms with Crippen molar-refractivity contribution < 1.29 is 29.8 Å². The first-order valence-electron chi connectivity index (χ1n) is 3.75. The van der Waals surface area contributed by atoms with E-state index in [0.717, 1.165) is 0 Å². The molecule has 14 heavy (non-hydrogen) atoms. The van der Waals surface area contributed by atoms with Crippen molar-refractivity contribution in [3.05, 3.63) is 0 Å². The SMILES string of the molecule is CCN(O)C(=O)O.CCOC(=O)NO. The summed E-state index contributed by atoms with van der Waals surface area (Å²) in [6.07, 6.45) is -2.13. The summed E-state index contributed by atoms with van der Waals surface area (Å²) in [5, 5.41) is 24.0. The summed E-state index contributed by atoms with van der Waals surface area (Å²) >= 11 is 0. The van der Waals surface area contributed by atoms with Gasteiger partial charge in [-0.1, -0.05) is 0 Å². The zero-order valence-electron chi connectivity index (χ0n) is 7.93. The third-order valence-electron chi connectivity index (χ3n) is 0.887. The molecule has 2 amide bonds. The molecule has 0 unspecified atom stereocenters. The van der Waals surface area contributed by atoms with Crippen LogP contribution in [0.3, 0.4) is 0 Å². The molecule has 84 valence electrons. The highest BCUT2D eigenvalue weighted by molar-refractivity contribution is 5.65. The second kappa shape index (κ2) is 9.55. The number of nitrogens with zero attached hydrogens (tertiary/aromatic N) is 1. The maximum Gasteiger partial charge on any atom is 0.431 e. The van der Waals surface area contributed by atoms with Crippen LogP contribution in [0.1, 0.15) is 13.8 Å². The molecule has 0 spiro atoms. The van der Waals surface area contributed by atoms with Crippen LogP contribution in [0.5, 0.6) is 0 Å². The number of carboxylic acid groups (broad SMARTS) is 1. The summed E-state index contributed by atoms with van der Waals surface area (Å²) in [4.78, 5) is 19.4. The van der Waals surface area contributed by atoms with E-state index in [1.165, 1.54) is 12.4 Å². The van der Waals surface area contributed by atoms with Crippen LogP contribution < -0.4 is 5.48 Å². The standard InChI is InChI=1S/2C3H7NO3/c1-2-7-3(5)4-6;1-2-4(7)3(5)6/h6H,2H2,1H3,(H,4,5);7H,2H2,1H3,(H,5,6). The molecule has 8 heteroatoms. The van der Waals surface area contributed by atoms with Crippen LogP contribution in [-0.2, 0) is 4.74 Å². The molecule has 0 aromatic carbocycles. The number of nitrogens with one attached hydrogen (secondary N) is 1. The molecule has 0 saturated carbocycles. The number of carbonyl (C=O) groups excluding carboxylic acids is 1. The van der Waals surface area contributed by atoms with Crippen LogP contribution in [0.2, 0.25) is 0 Å². The van der Waals surface area contributed by atoms with Gasteiger partial charge in [0.05, 0.1) is 6.61 Å². The van der Waals surface area contributed by atoms with Gasteiger partial charge in [-0.2, -0.15) is 5.06 Å². The van der Waals surface area contributed by atoms with E-state index in [4.69, 9.17) is 15.5 Å². The lowest BCUT2D eigenvalue weighted by molar-refractivity contribution is -0.0594. The van der Waals surface area contributed by atoms with Crippen molar-refractivity contribution in [1.29, 1.82) is 0 Å². The van der Waals surface area contributed by atoms with E-state index in [0.29, 0.717) is 0 Å². The first-order chi connectivity index (χ1) is 6.49. The van der Waals surface area contributed by atoms with Gasteiger partial charge in [-0.15, -0.1) is 0 Å². The maximum absolute atomic E-state index is 9.83. The molecule has 0 aliphatic carbocycles. The minimum atomic E-state index is -1.32. The number of carbonyl (C=O) groups is 2. The second-order valence-corrected chi connectivity index (χ2v) is 1.83. The fourth-order valence-electron chi connectivity index (χ4n) is 0.299. The van der Waals surface area contributed by atoms with E-state index in [1.807, 2.05) is 0 Å². The van der Waals surface area contributed by atoms with Gasteiger partial charge in [0.2, 0.25) is 0 Å². The van der Waals surface area contributed by atoms with Crippen molar-refractivity contribution in [2.24, 2.45) is 0 Å². The molecule has 4 N–H and O–H groups in total. The van der Waals surface area contributed by atoms with E-state index >= 15 is 0 Å². The molecule has 0 aliphatic heterocycles. The Morgan fingerprint density at radius 1 is 1.43 bits per heavy atom. The Labute approximate surface area is 80.6 Å². The third kappa shape index (κ3) is 10.5. The number of hydrogen-bond acceptors (Lipinski definition) is 5. The average Bonchev–Trinajstić information content (AvgIpc) is 2.17. The smallest absolute Gasteiger partial charge is 0.431 e. The topological polar surface area (TPSA) is 119 Å². The van der Waals surface area contributed by atoms with Crippen LogP contribution in [-0.4, -0.2) is 45.9 Å². The molecule has 0 atom stereocenters. The summed E-state index contributed by atoms with van der Waals surface area (Å²) in [7, 11) is 0. The van der Waals surface area contributed by atoms with Gasteiger partial charge in [0.1, 0.15) is 0 Å². The van der Waals surface area contributed by atoms with Crippen molar-refractivity contribution in [2.45, 2.75) is 13.8 Å². The number of amides is 2. The highest BCUT2D eigenvalue weighted by atomic mass is 16.6. The van der Waals surface area contributed by atoms with Gasteiger partial charge in [-0.25, -0.2) is 15.1 Å². The van der Waals surface area contributed by atoms with Gasteiger partial charge >= 0.3 is 12.2 Å². The minimum absolute atomic E-state index is 0.106. The number of hydrogen-bond donors (Lipinski definition) is 4. The van der Waals surface area contributed by atoms with Crippen molar-refractivity contribution in [3.8, 4) is 0 Å². The van der Waals surface area contributed by atoms with E-state index < -0.39 is 12.2 Å².